The molecule has 0 unspecified atom stereocenters. The van der Waals surface area contributed by atoms with Crippen molar-refractivity contribution in [2.45, 2.75) is 6.92 Å². The van der Waals surface area contributed by atoms with Gasteiger partial charge in [-0.1, -0.05) is 6.92 Å². The van der Waals surface area contributed by atoms with E-state index in [1.807, 2.05) is 4.90 Å². The van der Waals surface area contributed by atoms with E-state index in [4.69, 9.17) is 0 Å². The number of nitrogens with zero attached hydrogens (tertiary/aromatic N) is 3. The summed E-state index contributed by atoms with van der Waals surface area (Å²) in [6.07, 6.45) is 1.60. The van der Waals surface area contributed by atoms with Crippen LogP contribution in [0.1, 0.15) is 27.6 Å². The van der Waals surface area contributed by atoms with E-state index < -0.39 is 0 Å². The van der Waals surface area contributed by atoms with Crippen molar-refractivity contribution in [3.63, 3.8) is 0 Å². The summed E-state index contributed by atoms with van der Waals surface area (Å²) in [6, 6.07) is 10.5. The largest absolute Gasteiger partial charge is 0.465 e. The highest BCUT2D eigenvalue weighted by molar-refractivity contribution is 5.94. The number of hydrogen-bond acceptors (Lipinski definition) is 6. The Hall–Kier alpha value is -2.93. The van der Waals surface area contributed by atoms with Gasteiger partial charge >= 0.3 is 5.97 Å². The Kier molecular flexibility index (Phi) is 6.03. The second-order valence-electron chi connectivity index (χ2n) is 6.35. The average Bonchev–Trinajstić information content (AvgIpc) is 2.74. The molecule has 0 radical (unpaired) electrons. The van der Waals surface area contributed by atoms with E-state index in [0.717, 1.165) is 38.4 Å². The fraction of sp³-hybridized carbons (Fsp3) is 0.350. The molecule has 0 aliphatic carbocycles. The number of rotatable bonds is 5. The molecule has 1 saturated heterocycles. The summed E-state index contributed by atoms with van der Waals surface area (Å²) in [5.74, 6) is 0.280. The number of esters is 1. The van der Waals surface area contributed by atoms with Crippen LogP contribution >= 0.6 is 0 Å². The predicted octanol–water partition coefficient (Wildman–Crippen LogP) is 2.39. The predicted molar refractivity (Wildman–Crippen MR) is 103 cm³/mol. The molecule has 2 aromatic rings. The van der Waals surface area contributed by atoms with Crippen molar-refractivity contribution in [3.8, 4) is 0 Å². The molecule has 1 amide bonds. The maximum atomic E-state index is 12.6. The van der Waals surface area contributed by atoms with Gasteiger partial charge in [-0.2, -0.15) is 0 Å². The van der Waals surface area contributed by atoms with E-state index in [1.165, 1.54) is 7.11 Å². The van der Waals surface area contributed by atoms with Gasteiger partial charge in [-0.05, 0) is 42.9 Å². The van der Waals surface area contributed by atoms with Crippen LogP contribution in [0.4, 0.5) is 11.5 Å². The maximum Gasteiger partial charge on any atom is 0.337 e. The van der Waals surface area contributed by atoms with Crippen molar-refractivity contribution in [1.82, 2.24) is 14.8 Å². The number of carbonyl (C=O) groups is 2. The highest BCUT2D eigenvalue weighted by Crippen LogP contribution is 2.17. The Labute approximate surface area is 158 Å². The summed E-state index contributed by atoms with van der Waals surface area (Å²) >= 11 is 0. The zero-order chi connectivity index (χ0) is 19.2. The van der Waals surface area contributed by atoms with E-state index >= 15 is 0 Å². The highest BCUT2D eigenvalue weighted by Gasteiger charge is 2.21. The van der Waals surface area contributed by atoms with E-state index in [2.05, 4.69) is 26.9 Å². The van der Waals surface area contributed by atoms with E-state index in [-0.39, 0.29) is 11.9 Å². The lowest BCUT2D eigenvalue weighted by atomic mass is 10.2. The molecule has 0 saturated carbocycles. The molecule has 0 bridgehead atoms. The first-order valence-corrected chi connectivity index (χ1v) is 9.04. The smallest absolute Gasteiger partial charge is 0.337 e. The van der Waals surface area contributed by atoms with Gasteiger partial charge in [0.15, 0.2) is 0 Å². The van der Waals surface area contributed by atoms with Crippen LogP contribution < -0.4 is 5.32 Å². The number of benzene rings is 1. The molecule has 2 heterocycles. The fourth-order valence-corrected chi connectivity index (χ4v) is 3.00. The summed E-state index contributed by atoms with van der Waals surface area (Å²) in [5, 5.41) is 3.15. The lowest BCUT2D eigenvalue weighted by Gasteiger charge is -2.34. The third kappa shape index (κ3) is 4.62. The third-order valence-electron chi connectivity index (χ3n) is 4.70. The highest BCUT2D eigenvalue weighted by atomic mass is 16.5. The van der Waals surface area contributed by atoms with Crippen LogP contribution in [0.3, 0.4) is 0 Å². The first-order chi connectivity index (χ1) is 13.1. The molecule has 1 aliphatic rings. The normalized spacial score (nSPS) is 14.7. The molecule has 1 aromatic carbocycles. The van der Waals surface area contributed by atoms with Crippen molar-refractivity contribution in [2.24, 2.45) is 0 Å². The van der Waals surface area contributed by atoms with Gasteiger partial charge in [0.2, 0.25) is 0 Å². The number of anilines is 2. The summed E-state index contributed by atoms with van der Waals surface area (Å²) < 4.78 is 4.68. The Morgan fingerprint density at radius 1 is 1.04 bits per heavy atom. The second-order valence-corrected chi connectivity index (χ2v) is 6.35. The standard InChI is InChI=1S/C20H24N4O3/c1-3-23-10-12-24(13-11-23)19(25)16-6-9-18(21-14-16)22-17-7-4-15(5-8-17)20(26)27-2/h4-9,14H,3,10-13H2,1-2H3,(H,21,22). The van der Waals surface area contributed by atoms with Crippen LogP contribution in [0, 0.1) is 0 Å². The molecule has 1 fully saturated rings. The average molecular weight is 368 g/mol. The molecule has 0 spiro atoms. The SMILES string of the molecule is CCN1CCN(C(=O)c2ccc(Nc3ccc(C(=O)OC)cc3)nc2)CC1. The molecule has 7 heteroatoms. The number of ether oxygens (including phenoxy) is 1. The van der Waals surface area contributed by atoms with Gasteiger partial charge in [0, 0.05) is 38.1 Å². The lowest BCUT2D eigenvalue weighted by Crippen LogP contribution is -2.48. The second kappa shape index (κ2) is 8.64. The first kappa shape index (κ1) is 18.8. The topological polar surface area (TPSA) is 74.8 Å². The van der Waals surface area contributed by atoms with E-state index in [9.17, 15) is 9.59 Å². The minimum absolute atomic E-state index is 0.0206. The molecular formula is C20H24N4O3. The van der Waals surface area contributed by atoms with Crippen molar-refractivity contribution in [1.29, 1.82) is 0 Å². The molecule has 142 valence electrons. The van der Waals surface area contributed by atoms with Gasteiger partial charge in [-0.3, -0.25) is 4.79 Å². The van der Waals surface area contributed by atoms with Crippen LogP contribution in [-0.4, -0.2) is 66.5 Å². The molecule has 1 aromatic heterocycles. The van der Waals surface area contributed by atoms with Gasteiger partial charge in [-0.25, -0.2) is 9.78 Å². The molecule has 0 atom stereocenters. The van der Waals surface area contributed by atoms with Gasteiger partial charge < -0.3 is 19.9 Å². The van der Waals surface area contributed by atoms with Crippen LogP contribution in [0.25, 0.3) is 0 Å². The molecule has 27 heavy (non-hydrogen) atoms. The Morgan fingerprint density at radius 2 is 1.70 bits per heavy atom. The van der Waals surface area contributed by atoms with Crippen molar-refractivity contribution in [2.75, 3.05) is 45.2 Å². The lowest BCUT2D eigenvalue weighted by molar-refractivity contribution is 0.0599. The number of carbonyl (C=O) groups excluding carboxylic acids is 2. The Balaban J connectivity index is 1.60. The number of piperazine rings is 1. The van der Waals surface area contributed by atoms with Crippen LogP contribution in [0.15, 0.2) is 42.6 Å². The number of pyridine rings is 1. The van der Waals surface area contributed by atoms with Gasteiger partial charge in [0.1, 0.15) is 5.82 Å². The summed E-state index contributed by atoms with van der Waals surface area (Å²) in [6.45, 7) is 6.48. The summed E-state index contributed by atoms with van der Waals surface area (Å²) in [5.41, 5.74) is 1.87. The van der Waals surface area contributed by atoms with E-state index in [0.29, 0.717) is 16.9 Å². The molecule has 3 rings (SSSR count). The molecule has 7 nitrogen and oxygen atoms in total. The number of hydrogen-bond donors (Lipinski definition) is 1. The van der Waals surface area contributed by atoms with Crippen LogP contribution in [0.2, 0.25) is 0 Å². The van der Waals surface area contributed by atoms with Crippen molar-refractivity contribution < 1.29 is 14.3 Å². The molecular weight excluding hydrogens is 344 g/mol. The minimum Gasteiger partial charge on any atom is -0.465 e. The van der Waals surface area contributed by atoms with Crippen molar-refractivity contribution in [3.05, 3.63) is 53.7 Å². The van der Waals surface area contributed by atoms with Gasteiger partial charge in [-0.15, -0.1) is 0 Å². The maximum absolute atomic E-state index is 12.6. The number of likely N-dealkylation sites (N-methyl/N-ethyl adjacent to an activating group) is 1. The number of nitrogens with one attached hydrogen (secondary N) is 1. The van der Waals surface area contributed by atoms with E-state index in [1.54, 1.807) is 42.6 Å². The zero-order valence-corrected chi connectivity index (χ0v) is 15.6. The number of aromatic nitrogens is 1. The zero-order valence-electron chi connectivity index (χ0n) is 15.6. The first-order valence-electron chi connectivity index (χ1n) is 9.04. The Morgan fingerprint density at radius 3 is 2.26 bits per heavy atom. The van der Waals surface area contributed by atoms with Crippen molar-refractivity contribution >= 4 is 23.4 Å². The van der Waals surface area contributed by atoms with Gasteiger partial charge in [0.05, 0.1) is 18.2 Å². The molecule has 1 aliphatic heterocycles. The monoisotopic (exact) mass is 368 g/mol. The fourth-order valence-electron chi connectivity index (χ4n) is 3.00. The Bertz CT molecular complexity index is 782. The van der Waals surface area contributed by atoms with Crippen LogP contribution in [-0.2, 0) is 4.74 Å². The summed E-state index contributed by atoms with van der Waals surface area (Å²) in [4.78, 5) is 32.6. The minimum atomic E-state index is -0.373. The summed E-state index contributed by atoms with van der Waals surface area (Å²) in [7, 11) is 1.35. The van der Waals surface area contributed by atoms with Crippen LogP contribution in [0.5, 0.6) is 0 Å². The third-order valence-corrected chi connectivity index (χ3v) is 4.70. The van der Waals surface area contributed by atoms with Gasteiger partial charge in [0.25, 0.3) is 5.91 Å². The molecule has 1 N–H and O–H groups in total. The number of amides is 1. The number of methoxy groups -OCH3 is 1. The quantitative estimate of drug-likeness (QED) is 0.817.